The number of ether oxygens (including phenoxy) is 2. The van der Waals surface area contributed by atoms with E-state index in [1.165, 1.54) is 34.4 Å². The van der Waals surface area contributed by atoms with E-state index in [-0.39, 0.29) is 34.0 Å². The Morgan fingerprint density at radius 1 is 0.886 bits per heavy atom. The molecule has 6 N–H and O–H groups in total. The number of hydrogen-bond acceptors (Lipinski definition) is 17. The van der Waals surface area contributed by atoms with E-state index < -0.39 is 75.9 Å². The summed E-state index contributed by atoms with van der Waals surface area (Å²) >= 11 is 9.26. The molecule has 19 nitrogen and oxygen atoms in total. The second-order valence-corrected chi connectivity index (χ2v) is 15.6. The number of fused-ring (bicyclic) bond motifs is 5. The second kappa shape index (κ2) is 11.1. The molecule has 4 aromatic rings. The van der Waals surface area contributed by atoms with Crippen molar-refractivity contribution in [3.63, 3.8) is 0 Å². The van der Waals surface area contributed by atoms with E-state index in [1.54, 1.807) is 0 Å². The lowest BCUT2D eigenvalue weighted by Gasteiger charge is -2.27. The van der Waals surface area contributed by atoms with Crippen LogP contribution in [0.1, 0.15) is 12.5 Å². The fraction of sp³-hybridized carbons (Fsp3) is 0.500. The molecule has 0 aromatic carbocycles. The molecule has 2 bridgehead atoms. The molecule has 8 unspecified atom stereocenters. The number of hydrogen-bond donors (Lipinski definition) is 5. The van der Waals surface area contributed by atoms with Gasteiger partial charge in [0.1, 0.15) is 54.2 Å². The van der Waals surface area contributed by atoms with Gasteiger partial charge in [-0.05, 0) is 11.8 Å². The largest absolute Gasteiger partial charge is 0.387 e. The summed E-state index contributed by atoms with van der Waals surface area (Å²) in [5.74, 6) is 0.151. The summed E-state index contributed by atoms with van der Waals surface area (Å²) in [5, 5.41) is 11.1. The van der Waals surface area contributed by atoms with Gasteiger partial charge >= 0.3 is 13.5 Å². The minimum absolute atomic E-state index is 0.0626. The number of aliphatic hydroxyl groups excluding tert-OH is 1. The number of alkyl halides is 1. The Balaban J connectivity index is 1.20. The van der Waals surface area contributed by atoms with Gasteiger partial charge < -0.3 is 35.5 Å². The van der Waals surface area contributed by atoms with Crippen LogP contribution in [0.4, 0.5) is 16.0 Å². The van der Waals surface area contributed by atoms with Gasteiger partial charge in [0, 0.05) is 0 Å². The first-order valence-electron chi connectivity index (χ1n) is 12.7. The van der Waals surface area contributed by atoms with Crippen LogP contribution in [0.2, 0.25) is 0 Å². The van der Waals surface area contributed by atoms with Crippen molar-refractivity contribution < 1.29 is 46.5 Å². The Morgan fingerprint density at radius 3 is 2.09 bits per heavy atom. The number of anilines is 2. The van der Waals surface area contributed by atoms with Crippen molar-refractivity contribution in [2.24, 2.45) is 0 Å². The molecule has 0 amide bonds. The van der Waals surface area contributed by atoms with Crippen LogP contribution >= 0.6 is 25.8 Å². The number of nitrogen functional groups attached to an aromatic ring is 2. The van der Waals surface area contributed by atoms with Crippen LogP contribution in [0.3, 0.4) is 0 Å². The van der Waals surface area contributed by atoms with E-state index in [2.05, 4.69) is 42.2 Å². The summed E-state index contributed by atoms with van der Waals surface area (Å²) in [6.45, 7) is -9.72. The number of aliphatic hydroxyl groups is 1. The smallest absolute Gasteiger partial charge is 0.386 e. The molecule has 3 saturated heterocycles. The first kappa shape index (κ1) is 30.2. The van der Waals surface area contributed by atoms with Crippen LogP contribution < -0.4 is 11.5 Å². The predicted molar refractivity (Wildman–Crippen MR) is 153 cm³/mol. The maximum atomic E-state index is 16.0. The Morgan fingerprint density at radius 2 is 1.45 bits per heavy atom. The fourth-order valence-corrected chi connectivity index (χ4v) is 8.08. The number of halogens is 1. The lowest BCUT2D eigenvalue weighted by atomic mass is 10.1. The van der Waals surface area contributed by atoms with Crippen molar-refractivity contribution in [3.05, 3.63) is 25.3 Å². The van der Waals surface area contributed by atoms with E-state index in [4.69, 9.17) is 50.8 Å². The average molecular weight is 693 g/mol. The van der Waals surface area contributed by atoms with Gasteiger partial charge in [0.05, 0.1) is 25.9 Å². The molecular weight excluding hydrogens is 669 g/mol. The van der Waals surface area contributed by atoms with Crippen molar-refractivity contribution in [1.82, 2.24) is 39.0 Å². The Labute approximate surface area is 256 Å². The Hall–Kier alpha value is -2.46. The zero-order valence-corrected chi connectivity index (χ0v) is 25.5. The van der Waals surface area contributed by atoms with Crippen LogP contribution in [0.5, 0.6) is 0 Å². The molecule has 7 rings (SSSR count). The van der Waals surface area contributed by atoms with Crippen LogP contribution in [-0.2, 0) is 43.9 Å². The van der Waals surface area contributed by atoms with Gasteiger partial charge in [-0.25, -0.2) is 38.9 Å². The summed E-state index contributed by atoms with van der Waals surface area (Å²) in [6.07, 6.45) is -6.71. The number of imidazole rings is 2. The summed E-state index contributed by atoms with van der Waals surface area (Å²) in [6, 6.07) is 0. The first-order valence-corrected chi connectivity index (χ1v) is 18.0. The molecule has 236 valence electrons. The van der Waals surface area contributed by atoms with E-state index in [0.29, 0.717) is 0 Å². The Bertz CT molecular complexity index is 1840. The third-order valence-corrected chi connectivity index (χ3v) is 10.4. The zero-order chi connectivity index (χ0) is 31.0. The molecule has 24 heteroatoms. The molecule has 0 saturated carbocycles. The van der Waals surface area contributed by atoms with E-state index in [9.17, 15) is 14.6 Å². The van der Waals surface area contributed by atoms with Crippen molar-refractivity contribution in [2.75, 3.05) is 24.7 Å². The molecule has 0 aliphatic carbocycles. The van der Waals surface area contributed by atoms with Gasteiger partial charge in [-0.3, -0.25) is 22.7 Å². The monoisotopic (exact) mass is 692 g/mol. The van der Waals surface area contributed by atoms with Crippen molar-refractivity contribution in [1.29, 1.82) is 0 Å². The van der Waals surface area contributed by atoms with Crippen molar-refractivity contribution >= 4 is 71.5 Å². The van der Waals surface area contributed by atoms with E-state index in [0.717, 1.165) is 0 Å². The van der Waals surface area contributed by atoms with Gasteiger partial charge in [0.25, 0.3) is 0 Å². The molecule has 10 atom stereocenters. The minimum Gasteiger partial charge on any atom is -0.387 e. The lowest BCUT2D eigenvalue weighted by molar-refractivity contribution is -0.0587. The van der Waals surface area contributed by atoms with Crippen LogP contribution in [0, 0.1) is 0 Å². The topological polar surface area (TPSA) is 252 Å². The highest BCUT2D eigenvalue weighted by Gasteiger charge is 2.53. The van der Waals surface area contributed by atoms with Gasteiger partial charge in [-0.2, -0.15) is 0 Å². The molecule has 3 aliphatic heterocycles. The van der Waals surface area contributed by atoms with Gasteiger partial charge in [0.15, 0.2) is 41.6 Å². The number of thiol groups is 1. The zero-order valence-electron chi connectivity index (χ0n) is 22.0. The average Bonchev–Trinajstić information content (AvgIpc) is 3.73. The highest BCUT2D eigenvalue weighted by Crippen LogP contribution is 2.58. The maximum absolute atomic E-state index is 16.0. The number of rotatable bonds is 2. The number of aromatic nitrogens is 8. The first-order chi connectivity index (χ1) is 20.9. The van der Waals surface area contributed by atoms with Gasteiger partial charge in [-0.1, -0.05) is 12.2 Å². The van der Waals surface area contributed by atoms with Crippen LogP contribution in [-0.4, -0.2) is 98.9 Å². The summed E-state index contributed by atoms with van der Waals surface area (Å²) in [4.78, 5) is 35.4. The molecule has 7 heterocycles. The number of nitrogens with two attached hydrogens (primary N) is 2. The van der Waals surface area contributed by atoms with E-state index >= 15 is 4.39 Å². The molecule has 44 heavy (non-hydrogen) atoms. The molecule has 3 aliphatic rings. The Kier molecular flexibility index (Phi) is 7.63. The highest BCUT2D eigenvalue weighted by molar-refractivity contribution is 8.44. The third-order valence-electron chi connectivity index (χ3n) is 7.22. The van der Waals surface area contributed by atoms with Crippen LogP contribution in [0.15, 0.2) is 25.3 Å². The standard InChI is InChI=1S/C20H23FN10O9P2S2/c21-9-13-8(38-19(9)30-5-28-10-15(22)24-3-26-17(10)30)2-36-42(34,44)40-14-12(32)7(1-35-41(33,43)39-13)37-20(14)31-6-29-11-16(23)25-4-27-18(11)31/h3-9,12-14,19-20,32H,1-2H2,(H,33,43)(H,34,44)(H2,22,24,26)(H2,23,25,27)/t7-,8-,9?,12?,13?,14?,19?,20?,41?,42?/m1/s1. The molecule has 3 fully saturated rings. The number of nitrogens with zero attached hydrogens (tertiary/aromatic N) is 8. The summed E-state index contributed by atoms with van der Waals surface area (Å²) in [5.41, 5.74) is 12.6. The van der Waals surface area contributed by atoms with Gasteiger partial charge in [-0.15, -0.1) is 0 Å². The van der Waals surface area contributed by atoms with Crippen molar-refractivity contribution in [3.8, 4) is 0 Å². The predicted octanol–water partition coefficient (Wildman–Crippen LogP) is 0.396. The minimum atomic E-state index is -4.35. The fourth-order valence-electron chi connectivity index (χ4n) is 5.19. The quantitative estimate of drug-likeness (QED) is 0.141. The van der Waals surface area contributed by atoms with E-state index in [1.807, 2.05) is 0 Å². The molecule has 0 spiro atoms. The third kappa shape index (κ3) is 5.27. The van der Waals surface area contributed by atoms with Crippen LogP contribution in [0.25, 0.3) is 22.3 Å². The summed E-state index contributed by atoms with van der Waals surface area (Å²) in [7, 11) is 0. The molecular formula is C20H23FN10O9P2S2. The van der Waals surface area contributed by atoms with Gasteiger partial charge in [0.2, 0.25) is 0 Å². The maximum Gasteiger partial charge on any atom is 0.386 e. The highest BCUT2D eigenvalue weighted by atomic mass is 32.7. The summed E-state index contributed by atoms with van der Waals surface area (Å²) < 4.78 is 66.1. The normalized spacial score (nSPS) is 38.3. The molecule has 0 radical (unpaired) electrons. The second-order valence-electron chi connectivity index (χ2n) is 9.90. The van der Waals surface area contributed by atoms with Crippen molar-refractivity contribution in [2.45, 2.75) is 49.1 Å². The lowest BCUT2D eigenvalue weighted by Crippen LogP contribution is -2.35. The molecule has 4 aromatic heterocycles. The SMILES string of the molecule is Nc1ncnc2c1ncn2C1O[C@@H]2COP(O)(=S)OC3C(O)[C@@H](COP(=O)(S)OC2C1F)OC3n1cnc2c(N)ncnc21.